The van der Waals surface area contributed by atoms with E-state index in [0.29, 0.717) is 39.9 Å². The lowest BCUT2D eigenvalue weighted by atomic mass is 9.97. The maximum absolute atomic E-state index is 13.1. The van der Waals surface area contributed by atoms with Gasteiger partial charge < -0.3 is 32.5 Å². The number of carbonyl (C=O) groups is 1. The van der Waals surface area contributed by atoms with Gasteiger partial charge in [-0.05, 0) is 71.7 Å². The number of hydrogen-bond donors (Lipinski definition) is 0. The zero-order valence-corrected chi connectivity index (χ0v) is 36.3. The van der Waals surface area contributed by atoms with Gasteiger partial charge in [0.2, 0.25) is 16.6 Å². The van der Waals surface area contributed by atoms with Crippen LogP contribution in [0.3, 0.4) is 0 Å². The Bertz CT molecular complexity index is 1130. The first-order chi connectivity index (χ1) is 23.2. The summed E-state index contributed by atoms with van der Waals surface area (Å²) in [6.45, 7) is 37.5. The van der Waals surface area contributed by atoms with Crippen LogP contribution in [0.2, 0.25) is 33.2 Å². The van der Waals surface area contributed by atoms with Crippen molar-refractivity contribution in [1.29, 1.82) is 0 Å². The minimum Gasteiger partial charge on any atom is -0.497 e. The molecule has 10 heteroatoms. The molecule has 1 aromatic carbocycles. The van der Waals surface area contributed by atoms with Crippen molar-refractivity contribution in [1.82, 2.24) is 0 Å². The van der Waals surface area contributed by atoms with Gasteiger partial charge in [0.1, 0.15) is 36.8 Å². The summed E-state index contributed by atoms with van der Waals surface area (Å²) in [5.41, 5.74) is 2.16. The topological polar surface area (TPSA) is 81.7 Å². The van der Waals surface area contributed by atoms with Crippen molar-refractivity contribution in [3.8, 4) is 5.75 Å². The van der Waals surface area contributed by atoms with Gasteiger partial charge in [0, 0.05) is 0 Å². The number of benzene rings is 1. The van der Waals surface area contributed by atoms with Crippen LogP contribution in [0.5, 0.6) is 5.75 Å². The number of esters is 1. The van der Waals surface area contributed by atoms with Crippen LogP contribution in [-0.4, -0.2) is 73.6 Å². The maximum atomic E-state index is 13.1. The highest BCUT2D eigenvalue weighted by molar-refractivity contribution is 6.78. The van der Waals surface area contributed by atoms with E-state index in [2.05, 4.69) is 89.7 Å². The molecule has 0 spiro atoms. The van der Waals surface area contributed by atoms with Crippen LogP contribution < -0.4 is 4.74 Å². The third kappa shape index (κ3) is 10.3. The average molecular weight is 737 g/mol. The molecule has 2 rings (SSSR count). The summed E-state index contributed by atoms with van der Waals surface area (Å²) >= 11 is 0. The Labute approximate surface area is 307 Å². The number of rotatable bonds is 19. The fourth-order valence-corrected chi connectivity index (χ4v) is 19.4. The van der Waals surface area contributed by atoms with Crippen molar-refractivity contribution < 1.29 is 37.3 Å². The van der Waals surface area contributed by atoms with Crippen molar-refractivity contribution in [3.05, 3.63) is 42.5 Å². The van der Waals surface area contributed by atoms with E-state index >= 15 is 0 Å². The van der Waals surface area contributed by atoms with Crippen molar-refractivity contribution in [2.24, 2.45) is 5.41 Å². The number of carbonyl (C=O) groups excluding carboxylic acids is 1. The summed E-state index contributed by atoms with van der Waals surface area (Å²) in [6.07, 6.45) is -1.52. The average Bonchev–Trinajstić information content (AvgIpc) is 3.02. The van der Waals surface area contributed by atoms with Crippen LogP contribution in [-0.2, 0) is 39.2 Å². The Kier molecular flexibility index (Phi) is 16.9. The van der Waals surface area contributed by atoms with Crippen molar-refractivity contribution in [2.45, 2.75) is 174 Å². The first-order valence-corrected chi connectivity index (χ1v) is 23.1. The Morgan fingerprint density at radius 1 is 0.760 bits per heavy atom. The predicted molar refractivity (Wildman–Crippen MR) is 209 cm³/mol. The molecular formula is C40H72O8Si2. The molecule has 1 aliphatic rings. The summed E-state index contributed by atoms with van der Waals surface area (Å²) in [6, 6.07) is 7.86. The lowest BCUT2D eigenvalue weighted by Crippen LogP contribution is -2.68. The fraction of sp³-hybridized carbons (Fsp3) is 0.775. The largest absolute Gasteiger partial charge is 0.497 e. The SMILES string of the molecule is C=CCO[C@H]1O[C@H](COC(=O)C(C)(C)C)[C@@H](OCc2ccc(OC)cc2)[C@H](O[Si](C(C)C)(C(C)C)C(C)C)[C@H]1O[Si](C(C)C)(C(C)C)C(C)C. The molecule has 0 unspecified atom stereocenters. The normalized spacial score (nSPS) is 22.3. The quantitative estimate of drug-likeness (QED) is 0.0789. The molecule has 288 valence electrons. The molecule has 1 fully saturated rings. The van der Waals surface area contributed by atoms with Crippen LogP contribution in [0.4, 0.5) is 0 Å². The van der Waals surface area contributed by atoms with E-state index < -0.39 is 52.8 Å². The van der Waals surface area contributed by atoms with Gasteiger partial charge in [-0.1, -0.05) is 101 Å². The third-order valence-corrected chi connectivity index (χ3v) is 22.8. The van der Waals surface area contributed by atoms with E-state index in [-0.39, 0.29) is 19.2 Å². The highest BCUT2D eigenvalue weighted by Crippen LogP contribution is 2.49. The van der Waals surface area contributed by atoms with Gasteiger partial charge in [0.15, 0.2) is 6.29 Å². The maximum Gasteiger partial charge on any atom is 0.311 e. The molecule has 1 aromatic rings. The molecule has 1 heterocycles. The molecule has 0 aromatic heterocycles. The first kappa shape index (κ1) is 44.6. The zero-order chi connectivity index (χ0) is 38.2. The summed E-state index contributed by atoms with van der Waals surface area (Å²) in [5, 5.41) is 0. The molecule has 0 bridgehead atoms. The molecule has 0 N–H and O–H groups in total. The van der Waals surface area contributed by atoms with Crippen LogP contribution in [0.25, 0.3) is 0 Å². The van der Waals surface area contributed by atoms with Crippen molar-refractivity contribution in [2.75, 3.05) is 20.3 Å². The summed E-state index contributed by atoms with van der Waals surface area (Å²) in [7, 11) is -3.39. The summed E-state index contributed by atoms with van der Waals surface area (Å²) < 4.78 is 47.1. The van der Waals surface area contributed by atoms with Gasteiger partial charge in [0.05, 0.1) is 25.7 Å². The molecule has 1 aliphatic heterocycles. The number of methoxy groups -OCH3 is 1. The molecule has 0 amide bonds. The molecule has 1 saturated heterocycles. The predicted octanol–water partition coefficient (Wildman–Crippen LogP) is 10.2. The highest BCUT2D eigenvalue weighted by Gasteiger charge is 2.58. The van der Waals surface area contributed by atoms with Gasteiger partial charge in [-0.2, -0.15) is 0 Å². The van der Waals surface area contributed by atoms with Crippen molar-refractivity contribution in [3.63, 3.8) is 0 Å². The standard InChI is InChI=1S/C40H72O8Si2/c1-18-23-43-38-37(48-50(29(8)9,30(10)11)31(12)13)36(47-49(26(2)3,27(4)5)28(6)7)35(34(46-38)25-45-39(41)40(14,15)16)44-24-32-19-21-33(42-17)22-20-32/h18-22,26-31,34-38H,1,23-25H2,2-17H3/t34-,35-,36+,37-,38+/m1/s1. The van der Waals surface area contributed by atoms with E-state index in [1.807, 2.05) is 45.0 Å². The monoisotopic (exact) mass is 736 g/mol. The Morgan fingerprint density at radius 3 is 1.62 bits per heavy atom. The Balaban J connectivity index is 2.89. The van der Waals surface area contributed by atoms with E-state index in [1.54, 1.807) is 13.2 Å². The van der Waals surface area contributed by atoms with E-state index in [9.17, 15) is 4.79 Å². The van der Waals surface area contributed by atoms with Gasteiger partial charge in [-0.25, -0.2) is 0 Å². The molecule has 5 atom stereocenters. The second kappa shape index (κ2) is 19.0. The molecule has 0 radical (unpaired) electrons. The molecular weight excluding hydrogens is 665 g/mol. The second-order valence-corrected chi connectivity index (χ2v) is 27.8. The zero-order valence-electron chi connectivity index (χ0n) is 34.3. The van der Waals surface area contributed by atoms with Gasteiger partial charge >= 0.3 is 5.97 Å². The van der Waals surface area contributed by atoms with Crippen LogP contribution >= 0.6 is 0 Å². The summed E-state index contributed by atoms with van der Waals surface area (Å²) in [4.78, 5) is 13.1. The van der Waals surface area contributed by atoms with Gasteiger partial charge in [-0.15, -0.1) is 6.58 Å². The van der Waals surface area contributed by atoms with Crippen molar-refractivity contribution >= 4 is 22.6 Å². The van der Waals surface area contributed by atoms with Crippen LogP contribution in [0.15, 0.2) is 36.9 Å². The minimum absolute atomic E-state index is 0.00931. The van der Waals surface area contributed by atoms with Crippen LogP contribution in [0, 0.1) is 5.41 Å². The number of hydrogen-bond acceptors (Lipinski definition) is 8. The Morgan fingerprint density at radius 2 is 1.22 bits per heavy atom. The molecule has 50 heavy (non-hydrogen) atoms. The molecule has 0 saturated carbocycles. The fourth-order valence-electron chi connectivity index (χ4n) is 8.35. The summed E-state index contributed by atoms with van der Waals surface area (Å²) in [5.74, 6) is 0.466. The number of ether oxygens (including phenoxy) is 5. The molecule has 8 nitrogen and oxygen atoms in total. The smallest absolute Gasteiger partial charge is 0.311 e. The lowest BCUT2D eigenvalue weighted by molar-refractivity contribution is -0.302. The highest BCUT2D eigenvalue weighted by atomic mass is 28.4. The van der Waals surface area contributed by atoms with E-state index in [0.717, 1.165) is 11.3 Å². The minimum atomic E-state index is -2.54. The second-order valence-electron chi connectivity index (χ2n) is 16.9. The first-order valence-electron chi connectivity index (χ1n) is 18.9. The Hall–Kier alpha value is -1.54. The molecule has 0 aliphatic carbocycles. The van der Waals surface area contributed by atoms with Gasteiger partial charge in [0.25, 0.3) is 0 Å². The third-order valence-electron chi connectivity index (χ3n) is 10.7. The van der Waals surface area contributed by atoms with Crippen LogP contribution in [0.1, 0.15) is 109 Å². The van der Waals surface area contributed by atoms with Gasteiger partial charge in [-0.3, -0.25) is 4.79 Å². The van der Waals surface area contributed by atoms with E-state index in [1.165, 1.54) is 0 Å². The lowest BCUT2D eigenvalue weighted by Gasteiger charge is -2.55. The van der Waals surface area contributed by atoms with E-state index in [4.69, 9.17) is 32.5 Å².